The summed E-state index contributed by atoms with van der Waals surface area (Å²) in [5.74, 6) is -1.07. The van der Waals surface area contributed by atoms with E-state index in [0.717, 1.165) is 11.1 Å². The van der Waals surface area contributed by atoms with Gasteiger partial charge in [-0.1, -0.05) is 29.4 Å². The smallest absolute Gasteiger partial charge is 0.339 e. The molecule has 1 spiro atoms. The van der Waals surface area contributed by atoms with E-state index in [9.17, 15) is 14.0 Å². The van der Waals surface area contributed by atoms with E-state index in [1.54, 1.807) is 6.07 Å². The van der Waals surface area contributed by atoms with E-state index in [1.807, 2.05) is 24.3 Å². The van der Waals surface area contributed by atoms with Crippen molar-refractivity contribution in [2.75, 3.05) is 26.7 Å². The fraction of sp³-hybridized carbons (Fsp3) is 0.346. The molecule has 2 aliphatic heterocycles. The van der Waals surface area contributed by atoms with Crippen molar-refractivity contribution in [1.29, 1.82) is 0 Å². The third-order valence-corrected chi connectivity index (χ3v) is 7.61. The largest absolute Gasteiger partial charge is 0.494 e. The Balaban J connectivity index is 1.55. The number of hydrogen-bond acceptors (Lipinski definition) is 7. The second-order valence-electron chi connectivity index (χ2n) is 8.92. The summed E-state index contributed by atoms with van der Waals surface area (Å²) in [6, 6.07) is 10.5. The molecule has 2 atom stereocenters. The summed E-state index contributed by atoms with van der Waals surface area (Å²) in [6.45, 7) is 3.06. The Bertz CT molecular complexity index is 1340. The number of piperidine rings is 1. The molecule has 0 radical (unpaired) electrons. The first-order valence-corrected chi connectivity index (χ1v) is 12.4. The molecule has 10 heteroatoms. The van der Waals surface area contributed by atoms with Crippen LogP contribution in [0.4, 0.5) is 4.39 Å². The van der Waals surface area contributed by atoms with Gasteiger partial charge in [0.2, 0.25) is 5.91 Å². The van der Waals surface area contributed by atoms with Crippen LogP contribution in [-0.2, 0) is 21.6 Å². The standard InChI is InChI=1S/C26H25BrFN3O5/c1-14(32)30-9-7-15-5-3-4-6-16(15)24-22(27)23(31-36-24)19-13-29-10-8-26(19)18-12-21(34-2)20(28)11-17(18)25(33)35-26/h3-6,11-12,19,29H,7-10,13H2,1-2H3,(H,30,32)/t19-,26+/m1/s1. The number of hydrogen-bond donors (Lipinski definition) is 2. The predicted molar refractivity (Wildman–Crippen MR) is 132 cm³/mol. The Labute approximate surface area is 215 Å². The maximum atomic E-state index is 14.4. The number of nitrogens with zero attached hydrogens (tertiary/aromatic N) is 1. The van der Waals surface area contributed by atoms with Crippen molar-refractivity contribution >= 4 is 27.8 Å². The van der Waals surface area contributed by atoms with Crippen LogP contribution in [0.5, 0.6) is 5.75 Å². The lowest BCUT2D eigenvalue weighted by molar-refractivity contribution is -0.118. The van der Waals surface area contributed by atoms with Gasteiger partial charge in [0.25, 0.3) is 0 Å². The summed E-state index contributed by atoms with van der Waals surface area (Å²) >= 11 is 3.70. The number of fused-ring (bicyclic) bond motifs is 2. The summed E-state index contributed by atoms with van der Waals surface area (Å²) < 4.78 is 32.1. The van der Waals surface area contributed by atoms with Crippen LogP contribution in [0.2, 0.25) is 0 Å². The van der Waals surface area contributed by atoms with Gasteiger partial charge in [0, 0.05) is 37.6 Å². The van der Waals surface area contributed by atoms with Crippen LogP contribution >= 0.6 is 15.9 Å². The number of ether oxygens (including phenoxy) is 2. The van der Waals surface area contributed by atoms with Crippen molar-refractivity contribution < 1.29 is 28.0 Å². The minimum atomic E-state index is -1.04. The predicted octanol–water partition coefficient (Wildman–Crippen LogP) is 4.07. The average molecular weight is 558 g/mol. The highest BCUT2D eigenvalue weighted by Gasteiger charge is 2.55. The third kappa shape index (κ3) is 4.08. The fourth-order valence-electron chi connectivity index (χ4n) is 5.13. The molecule has 8 nitrogen and oxygen atoms in total. The summed E-state index contributed by atoms with van der Waals surface area (Å²) in [5, 5.41) is 10.6. The van der Waals surface area contributed by atoms with Gasteiger partial charge in [-0.15, -0.1) is 0 Å². The van der Waals surface area contributed by atoms with Gasteiger partial charge in [-0.05, 0) is 46.6 Å². The van der Waals surface area contributed by atoms with Gasteiger partial charge in [0.05, 0.1) is 23.1 Å². The fourth-order valence-corrected chi connectivity index (χ4v) is 5.77. The number of nitrogens with one attached hydrogen (secondary N) is 2. The molecule has 3 aromatic rings. The molecule has 1 saturated heterocycles. The Morgan fingerprint density at radius 2 is 2.14 bits per heavy atom. The lowest BCUT2D eigenvalue weighted by Crippen LogP contribution is -2.47. The van der Waals surface area contributed by atoms with Crippen LogP contribution in [-0.4, -0.2) is 43.8 Å². The normalized spacial score (nSPS) is 20.8. The zero-order valence-corrected chi connectivity index (χ0v) is 21.4. The molecule has 5 rings (SSSR count). The van der Waals surface area contributed by atoms with Crippen LogP contribution in [0.15, 0.2) is 45.4 Å². The number of halogens is 2. The quantitative estimate of drug-likeness (QED) is 0.440. The summed E-state index contributed by atoms with van der Waals surface area (Å²) in [6.07, 6.45) is 1.09. The van der Waals surface area contributed by atoms with Gasteiger partial charge in [0.15, 0.2) is 17.3 Å². The second-order valence-corrected chi connectivity index (χ2v) is 9.71. The van der Waals surface area contributed by atoms with Crippen LogP contribution in [0.1, 0.15) is 46.4 Å². The molecule has 1 fully saturated rings. The average Bonchev–Trinajstić information content (AvgIpc) is 3.36. The number of methoxy groups -OCH3 is 1. The molecule has 36 heavy (non-hydrogen) atoms. The van der Waals surface area contributed by atoms with Crippen LogP contribution in [0.25, 0.3) is 11.3 Å². The lowest BCUT2D eigenvalue weighted by atomic mass is 9.74. The van der Waals surface area contributed by atoms with Crippen LogP contribution in [0.3, 0.4) is 0 Å². The van der Waals surface area contributed by atoms with Gasteiger partial charge < -0.3 is 24.6 Å². The minimum Gasteiger partial charge on any atom is -0.494 e. The molecular weight excluding hydrogens is 533 g/mol. The van der Waals surface area contributed by atoms with Crippen LogP contribution < -0.4 is 15.4 Å². The van der Waals surface area contributed by atoms with E-state index >= 15 is 0 Å². The first kappa shape index (κ1) is 24.5. The first-order valence-electron chi connectivity index (χ1n) is 11.7. The summed E-state index contributed by atoms with van der Waals surface area (Å²) in [4.78, 5) is 24.1. The van der Waals surface area contributed by atoms with E-state index in [4.69, 9.17) is 14.0 Å². The molecule has 1 aromatic heterocycles. The summed E-state index contributed by atoms with van der Waals surface area (Å²) in [5.41, 5.74) is 2.17. The maximum absolute atomic E-state index is 14.4. The first-order chi connectivity index (χ1) is 17.4. The molecule has 0 saturated carbocycles. The monoisotopic (exact) mass is 557 g/mol. The Morgan fingerprint density at radius 3 is 2.92 bits per heavy atom. The van der Waals surface area contributed by atoms with Crippen LogP contribution in [0, 0.1) is 5.82 Å². The van der Waals surface area contributed by atoms with Gasteiger partial charge in [0.1, 0.15) is 11.3 Å². The molecular formula is C26H25BrFN3O5. The zero-order valence-electron chi connectivity index (χ0n) is 19.8. The number of amides is 1. The molecule has 0 aliphatic carbocycles. The molecule has 2 aromatic carbocycles. The Kier molecular flexibility index (Phi) is 6.57. The molecule has 0 bridgehead atoms. The number of carbonyl (C=O) groups is 2. The third-order valence-electron chi connectivity index (χ3n) is 6.85. The molecule has 3 heterocycles. The van der Waals surface area contributed by atoms with Gasteiger partial charge >= 0.3 is 5.97 Å². The SMILES string of the molecule is COc1cc2c(cc1F)C(=O)O[C@@]21CCNC[C@@H]1c1noc(-c2ccccc2CCNC(C)=O)c1Br. The topological polar surface area (TPSA) is 103 Å². The van der Waals surface area contributed by atoms with E-state index in [1.165, 1.54) is 20.1 Å². The van der Waals surface area contributed by atoms with Crippen molar-refractivity contribution in [3.8, 4) is 17.1 Å². The highest BCUT2D eigenvalue weighted by atomic mass is 79.9. The zero-order chi connectivity index (χ0) is 25.4. The highest BCUT2D eigenvalue weighted by Crippen LogP contribution is 2.53. The van der Waals surface area contributed by atoms with E-state index in [2.05, 4.69) is 31.7 Å². The summed E-state index contributed by atoms with van der Waals surface area (Å²) in [7, 11) is 1.39. The molecule has 0 unspecified atom stereocenters. The van der Waals surface area contributed by atoms with Crippen molar-refractivity contribution in [3.63, 3.8) is 0 Å². The maximum Gasteiger partial charge on any atom is 0.339 e. The lowest BCUT2D eigenvalue weighted by Gasteiger charge is -2.40. The number of esters is 1. The molecule has 188 valence electrons. The van der Waals surface area contributed by atoms with Crippen molar-refractivity contribution in [3.05, 3.63) is 69.1 Å². The molecule has 1 amide bonds. The highest BCUT2D eigenvalue weighted by molar-refractivity contribution is 9.10. The van der Waals surface area contributed by atoms with Gasteiger partial charge in [-0.3, -0.25) is 4.79 Å². The van der Waals surface area contributed by atoms with E-state index in [0.29, 0.717) is 54.0 Å². The number of benzene rings is 2. The Hall–Kier alpha value is -3.24. The van der Waals surface area contributed by atoms with E-state index in [-0.39, 0.29) is 17.2 Å². The number of rotatable bonds is 6. The second kappa shape index (κ2) is 9.67. The van der Waals surface area contributed by atoms with Crippen molar-refractivity contribution in [2.45, 2.75) is 31.3 Å². The Morgan fingerprint density at radius 1 is 1.33 bits per heavy atom. The van der Waals surface area contributed by atoms with Gasteiger partial charge in [-0.25, -0.2) is 9.18 Å². The number of aromatic nitrogens is 1. The molecule has 2 N–H and O–H groups in total. The number of carbonyl (C=O) groups excluding carboxylic acids is 2. The minimum absolute atomic E-state index is 0.0525. The van der Waals surface area contributed by atoms with E-state index < -0.39 is 23.3 Å². The van der Waals surface area contributed by atoms with Gasteiger partial charge in [-0.2, -0.15) is 0 Å². The molecule has 2 aliphatic rings. The van der Waals surface area contributed by atoms with Crippen molar-refractivity contribution in [1.82, 2.24) is 15.8 Å². The van der Waals surface area contributed by atoms with Crippen molar-refractivity contribution in [2.24, 2.45) is 0 Å².